The van der Waals surface area contributed by atoms with E-state index >= 15 is 0 Å². The number of rotatable bonds is 6. The molecule has 1 aliphatic rings. The maximum Gasteiger partial charge on any atom is 0.256 e. The lowest BCUT2D eigenvalue weighted by atomic mass is 9.78. The summed E-state index contributed by atoms with van der Waals surface area (Å²) in [6.45, 7) is 4.90. The normalized spacial score (nSPS) is 24.8. The predicted molar refractivity (Wildman–Crippen MR) is 88.2 cm³/mol. The Kier molecular flexibility index (Phi) is 5.83. The maximum atomic E-state index is 12.8. The minimum atomic E-state index is -0.673. The summed E-state index contributed by atoms with van der Waals surface area (Å²) >= 11 is 0. The molecule has 1 amide bonds. The molecule has 122 valence electrons. The van der Waals surface area contributed by atoms with Crippen molar-refractivity contribution in [3.63, 3.8) is 0 Å². The molecule has 1 saturated carbocycles. The molecule has 0 aliphatic heterocycles. The zero-order valence-corrected chi connectivity index (χ0v) is 13.9. The van der Waals surface area contributed by atoms with Crippen LogP contribution >= 0.6 is 0 Å². The summed E-state index contributed by atoms with van der Waals surface area (Å²) in [6, 6.07) is 7.41. The van der Waals surface area contributed by atoms with E-state index in [-0.39, 0.29) is 5.91 Å². The molecule has 0 bridgehead atoms. The van der Waals surface area contributed by atoms with Crippen molar-refractivity contribution in [3.8, 4) is 5.75 Å². The van der Waals surface area contributed by atoms with Crippen LogP contribution in [0.3, 0.4) is 0 Å². The fourth-order valence-electron chi connectivity index (χ4n) is 3.12. The molecule has 22 heavy (non-hydrogen) atoms. The number of amides is 1. The number of nitrogens with one attached hydrogen (secondary N) is 1. The van der Waals surface area contributed by atoms with Gasteiger partial charge in [0.2, 0.25) is 0 Å². The van der Waals surface area contributed by atoms with Crippen molar-refractivity contribution in [3.05, 3.63) is 24.3 Å². The monoisotopic (exact) mass is 305 g/mol. The molecular formula is C18H27NO3. The molecule has 0 radical (unpaired) electrons. The number of carbonyl (C=O) groups is 1. The Morgan fingerprint density at radius 2 is 2.09 bits per heavy atom. The van der Waals surface area contributed by atoms with Crippen LogP contribution in [-0.2, 0) is 9.53 Å². The zero-order valence-electron chi connectivity index (χ0n) is 13.9. The quantitative estimate of drug-likeness (QED) is 0.864. The first-order valence-electron chi connectivity index (χ1n) is 8.19. The van der Waals surface area contributed by atoms with Crippen LogP contribution in [0.2, 0.25) is 0 Å². The Labute approximate surface area is 133 Å². The standard InChI is InChI=1S/C18H27NO3/c1-4-12-22-18(11-5-6-14(2)13-18)17(20)19-15-7-9-16(21-3)10-8-15/h7-10,14H,4-6,11-13H2,1-3H3,(H,19,20)/t14-,18+/m0/s1. The number of methoxy groups -OCH3 is 1. The highest BCUT2D eigenvalue weighted by Gasteiger charge is 2.42. The summed E-state index contributed by atoms with van der Waals surface area (Å²) in [7, 11) is 1.63. The van der Waals surface area contributed by atoms with Gasteiger partial charge in [-0.05, 0) is 55.9 Å². The Morgan fingerprint density at radius 3 is 2.68 bits per heavy atom. The van der Waals surface area contributed by atoms with Crippen LogP contribution in [0.5, 0.6) is 5.75 Å². The van der Waals surface area contributed by atoms with Crippen molar-refractivity contribution in [2.24, 2.45) is 5.92 Å². The number of carbonyl (C=O) groups excluding carboxylic acids is 1. The maximum absolute atomic E-state index is 12.8. The van der Waals surface area contributed by atoms with Crippen LogP contribution in [0.15, 0.2) is 24.3 Å². The number of ether oxygens (including phenoxy) is 2. The minimum absolute atomic E-state index is 0.0160. The molecule has 1 aliphatic carbocycles. The summed E-state index contributed by atoms with van der Waals surface area (Å²) in [5.74, 6) is 1.28. The predicted octanol–water partition coefficient (Wildman–Crippen LogP) is 4.01. The molecule has 1 aromatic rings. The van der Waals surface area contributed by atoms with Gasteiger partial charge in [-0.3, -0.25) is 4.79 Å². The van der Waals surface area contributed by atoms with Gasteiger partial charge in [-0.1, -0.05) is 20.3 Å². The van der Waals surface area contributed by atoms with E-state index < -0.39 is 5.60 Å². The highest BCUT2D eigenvalue weighted by atomic mass is 16.5. The van der Waals surface area contributed by atoms with E-state index in [9.17, 15) is 4.79 Å². The summed E-state index contributed by atoms with van der Waals surface area (Å²) < 4.78 is 11.2. The highest BCUT2D eigenvalue weighted by molar-refractivity contribution is 5.97. The van der Waals surface area contributed by atoms with Gasteiger partial charge in [-0.25, -0.2) is 0 Å². The molecule has 0 saturated heterocycles. The van der Waals surface area contributed by atoms with Crippen LogP contribution in [0.4, 0.5) is 5.69 Å². The van der Waals surface area contributed by atoms with Crippen molar-refractivity contribution in [1.82, 2.24) is 0 Å². The lowest BCUT2D eigenvalue weighted by Gasteiger charge is -2.38. The van der Waals surface area contributed by atoms with E-state index in [0.717, 1.165) is 37.1 Å². The molecule has 2 atom stereocenters. The molecule has 0 heterocycles. The van der Waals surface area contributed by atoms with E-state index in [1.165, 1.54) is 6.42 Å². The SMILES string of the molecule is CCCO[C@]1(C(=O)Nc2ccc(OC)cc2)CCC[C@H](C)C1. The molecule has 4 nitrogen and oxygen atoms in total. The van der Waals surface area contributed by atoms with Crippen molar-refractivity contribution in [2.75, 3.05) is 19.0 Å². The van der Waals surface area contributed by atoms with E-state index in [2.05, 4.69) is 19.2 Å². The van der Waals surface area contributed by atoms with Crippen LogP contribution in [0.1, 0.15) is 46.0 Å². The van der Waals surface area contributed by atoms with Crippen molar-refractivity contribution in [2.45, 2.75) is 51.6 Å². The van der Waals surface area contributed by atoms with E-state index in [4.69, 9.17) is 9.47 Å². The van der Waals surface area contributed by atoms with Gasteiger partial charge in [0.15, 0.2) is 0 Å². The molecule has 0 aromatic heterocycles. The second kappa shape index (κ2) is 7.63. The van der Waals surface area contributed by atoms with Gasteiger partial charge < -0.3 is 14.8 Å². The van der Waals surface area contributed by atoms with Gasteiger partial charge >= 0.3 is 0 Å². The number of hydrogen-bond donors (Lipinski definition) is 1. The zero-order chi connectivity index (χ0) is 16.0. The number of benzene rings is 1. The first kappa shape index (κ1) is 16.8. The Bertz CT molecular complexity index is 486. The van der Waals surface area contributed by atoms with Gasteiger partial charge in [0.25, 0.3) is 5.91 Å². The van der Waals surface area contributed by atoms with Gasteiger partial charge in [-0.2, -0.15) is 0 Å². The van der Waals surface area contributed by atoms with E-state index in [1.807, 2.05) is 24.3 Å². The first-order chi connectivity index (χ1) is 10.6. The Hall–Kier alpha value is -1.55. The third-order valence-corrected chi connectivity index (χ3v) is 4.30. The first-order valence-corrected chi connectivity index (χ1v) is 8.19. The van der Waals surface area contributed by atoms with Gasteiger partial charge in [0.05, 0.1) is 7.11 Å². The Morgan fingerprint density at radius 1 is 1.36 bits per heavy atom. The number of anilines is 1. The van der Waals surface area contributed by atoms with Crippen molar-refractivity contribution in [1.29, 1.82) is 0 Å². The second-order valence-electron chi connectivity index (χ2n) is 6.23. The lowest BCUT2D eigenvalue weighted by Crippen LogP contribution is -2.48. The third-order valence-electron chi connectivity index (χ3n) is 4.30. The highest BCUT2D eigenvalue weighted by Crippen LogP contribution is 2.36. The third kappa shape index (κ3) is 4.01. The van der Waals surface area contributed by atoms with Crippen molar-refractivity contribution < 1.29 is 14.3 Å². The van der Waals surface area contributed by atoms with Gasteiger partial charge in [0.1, 0.15) is 11.4 Å². The molecule has 0 unspecified atom stereocenters. The van der Waals surface area contributed by atoms with Crippen LogP contribution < -0.4 is 10.1 Å². The second-order valence-corrected chi connectivity index (χ2v) is 6.23. The molecule has 1 fully saturated rings. The summed E-state index contributed by atoms with van der Waals surface area (Å²) in [4.78, 5) is 12.8. The molecule has 1 aromatic carbocycles. The van der Waals surface area contributed by atoms with Crippen LogP contribution in [0.25, 0.3) is 0 Å². The van der Waals surface area contributed by atoms with Gasteiger partial charge in [-0.15, -0.1) is 0 Å². The lowest BCUT2D eigenvalue weighted by molar-refractivity contribution is -0.148. The topological polar surface area (TPSA) is 47.6 Å². The molecule has 2 rings (SSSR count). The average Bonchev–Trinajstić information content (AvgIpc) is 2.53. The van der Waals surface area contributed by atoms with Gasteiger partial charge in [0, 0.05) is 12.3 Å². The summed E-state index contributed by atoms with van der Waals surface area (Å²) in [5.41, 5.74) is 0.108. The van der Waals surface area contributed by atoms with Crippen LogP contribution in [0, 0.1) is 5.92 Å². The number of hydrogen-bond acceptors (Lipinski definition) is 3. The minimum Gasteiger partial charge on any atom is -0.497 e. The summed E-state index contributed by atoms with van der Waals surface area (Å²) in [6.07, 6.45) is 4.74. The molecule has 1 N–H and O–H groups in total. The molecule has 0 spiro atoms. The molecular weight excluding hydrogens is 278 g/mol. The molecule has 4 heteroatoms. The summed E-state index contributed by atoms with van der Waals surface area (Å²) in [5, 5.41) is 3.01. The largest absolute Gasteiger partial charge is 0.497 e. The van der Waals surface area contributed by atoms with E-state index in [1.54, 1.807) is 7.11 Å². The van der Waals surface area contributed by atoms with Crippen LogP contribution in [-0.4, -0.2) is 25.2 Å². The van der Waals surface area contributed by atoms with E-state index in [0.29, 0.717) is 12.5 Å². The fourth-order valence-corrected chi connectivity index (χ4v) is 3.12. The average molecular weight is 305 g/mol. The fraction of sp³-hybridized carbons (Fsp3) is 0.611. The van der Waals surface area contributed by atoms with Crippen molar-refractivity contribution >= 4 is 11.6 Å². The smallest absolute Gasteiger partial charge is 0.256 e. The Balaban J connectivity index is 2.10.